The van der Waals surface area contributed by atoms with Crippen molar-refractivity contribution in [2.24, 2.45) is 0 Å². The largest absolute Gasteiger partial charge is 0.548 e. The van der Waals surface area contributed by atoms with Crippen LogP contribution in [0.25, 0.3) is 6.08 Å². The van der Waals surface area contributed by atoms with Gasteiger partial charge in [0.25, 0.3) is 0 Å². The van der Waals surface area contributed by atoms with E-state index < -0.39 is 18.4 Å². The zero-order valence-corrected chi connectivity index (χ0v) is 9.30. The average molecular weight is 234 g/mol. The first-order valence-corrected chi connectivity index (χ1v) is 4.91. The molecule has 0 heterocycles. The third-order valence-corrected chi connectivity index (χ3v) is 1.93. The molecule has 0 saturated carbocycles. The van der Waals surface area contributed by atoms with E-state index in [0.717, 1.165) is 5.56 Å². The third-order valence-electron chi connectivity index (χ3n) is 1.93. The normalized spacial score (nSPS) is 10.2. The number of amides is 1. The molecule has 0 aliphatic carbocycles. The first-order chi connectivity index (χ1) is 8.11. The number of rotatable bonds is 5. The van der Waals surface area contributed by atoms with Gasteiger partial charge in [-0.2, -0.15) is 0 Å². The smallest absolute Gasteiger partial charge is 0.244 e. The summed E-state index contributed by atoms with van der Waals surface area (Å²) < 4.78 is 5.02. The van der Waals surface area contributed by atoms with Gasteiger partial charge in [0.2, 0.25) is 5.91 Å². The van der Waals surface area contributed by atoms with Gasteiger partial charge in [0.1, 0.15) is 5.75 Å². The minimum Gasteiger partial charge on any atom is -0.548 e. The number of ether oxygens (including phenoxy) is 1. The van der Waals surface area contributed by atoms with Crippen LogP contribution in [0.3, 0.4) is 0 Å². The van der Waals surface area contributed by atoms with Crippen molar-refractivity contribution >= 4 is 18.0 Å². The Hall–Kier alpha value is -2.30. The highest BCUT2D eigenvalue weighted by molar-refractivity contribution is 5.93. The fourth-order valence-corrected chi connectivity index (χ4v) is 1.14. The molecule has 0 bridgehead atoms. The number of hydrogen-bond acceptors (Lipinski definition) is 4. The first-order valence-electron chi connectivity index (χ1n) is 4.91. The highest BCUT2D eigenvalue weighted by atomic mass is 16.5. The molecule has 0 unspecified atom stereocenters. The molecule has 1 rings (SSSR count). The second-order valence-corrected chi connectivity index (χ2v) is 3.20. The lowest BCUT2D eigenvalue weighted by atomic mass is 10.2. The Labute approximate surface area is 98.7 Å². The predicted octanol–water partition coefficient (Wildman–Crippen LogP) is -0.426. The maximum atomic E-state index is 11.2. The van der Waals surface area contributed by atoms with Gasteiger partial charge < -0.3 is 20.0 Å². The zero-order chi connectivity index (χ0) is 12.7. The van der Waals surface area contributed by atoms with E-state index in [1.807, 2.05) is 0 Å². The molecule has 0 aromatic heterocycles. The van der Waals surface area contributed by atoms with E-state index in [0.29, 0.717) is 5.75 Å². The number of carboxylic acid groups (broad SMARTS) is 1. The molecular formula is C12H12NO4-. The van der Waals surface area contributed by atoms with E-state index in [1.165, 1.54) is 6.08 Å². The van der Waals surface area contributed by atoms with Crippen LogP contribution >= 0.6 is 0 Å². The maximum absolute atomic E-state index is 11.2. The minimum absolute atomic E-state index is 0.489. The van der Waals surface area contributed by atoms with Crippen LogP contribution in [-0.4, -0.2) is 25.5 Å². The van der Waals surface area contributed by atoms with E-state index >= 15 is 0 Å². The summed E-state index contributed by atoms with van der Waals surface area (Å²) in [4.78, 5) is 21.3. The summed E-state index contributed by atoms with van der Waals surface area (Å²) in [6, 6.07) is 7.12. The van der Waals surface area contributed by atoms with Gasteiger partial charge in [-0.3, -0.25) is 4.79 Å². The molecule has 0 saturated heterocycles. The van der Waals surface area contributed by atoms with Crippen molar-refractivity contribution in [3.05, 3.63) is 35.9 Å². The molecule has 1 aromatic carbocycles. The highest BCUT2D eigenvalue weighted by Gasteiger charge is 1.95. The third kappa shape index (κ3) is 4.83. The Morgan fingerprint density at radius 3 is 2.88 bits per heavy atom. The summed E-state index contributed by atoms with van der Waals surface area (Å²) in [7, 11) is 1.55. The summed E-state index contributed by atoms with van der Waals surface area (Å²) in [5.74, 6) is -1.13. The van der Waals surface area contributed by atoms with Crippen molar-refractivity contribution in [1.29, 1.82) is 0 Å². The number of nitrogens with one attached hydrogen (secondary N) is 1. The highest BCUT2D eigenvalue weighted by Crippen LogP contribution is 2.13. The molecule has 0 fully saturated rings. The molecule has 1 amide bonds. The van der Waals surface area contributed by atoms with Gasteiger partial charge >= 0.3 is 0 Å². The van der Waals surface area contributed by atoms with Crippen molar-refractivity contribution < 1.29 is 19.4 Å². The number of carboxylic acids is 1. The molecule has 5 heteroatoms. The molecule has 5 nitrogen and oxygen atoms in total. The zero-order valence-electron chi connectivity index (χ0n) is 9.30. The van der Waals surface area contributed by atoms with Crippen molar-refractivity contribution in [1.82, 2.24) is 5.32 Å². The molecule has 1 aromatic rings. The van der Waals surface area contributed by atoms with Crippen LogP contribution in [0.2, 0.25) is 0 Å². The van der Waals surface area contributed by atoms with Crippen LogP contribution in [-0.2, 0) is 9.59 Å². The number of benzene rings is 1. The number of methoxy groups -OCH3 is 1. The fourth-order valence-electron chi connectivity index (χ4n) is 1.14. The van der Waals surface area contributed by atoms with E-state index in [-0.39, 0.29) is 0 Å². The van der Waals surface area contributed by atoms with Crippen LogP contribution < -0.4 is 15.2 Å². The van der Waals surface area contributed by atoms with Crippen molar-refractivity contribution in [3.63, 3.8) is 0 Å². The van der Waals surface area contributed by atoms with Crippen molar-refractivity contribution in [2.45, 2.75) is 0 Å². The van der Waals surface area contributed by atoms with Gasteiger partial charge in [-0.1, -0.05) is 12.1 Å². The molecule has 1 N–H and O–H groups in total. The molecule has 0 atom stereocenters. The summed E-state index contributed by atoms with van der Waals surface area (Å²) in [5, 5.41) is 12.3. The molecule has 0 aliphatic rings. The average Bonchev–Trinajstić information content (AvgIpc) is 2.34. The van der Waals surface area contributed by atoms with Crippen LogP contribution in [0.5, 0.6) is 5.75 Å². The second-order valence-electron chi connectivity index (χ2n) is 3.20. The number of carbonyl (C=O) groups is 2. The Morgan fingerprint density at radius 2 is 2.24 bits per heavy atom. The Balaban J connectivity index is 2.57. The van der Waals surface area contributed by atoms with E-state index in [1.54, 1.807) is 37.5 Å². The van der Waals surface area contributed by atoms with Gasteiger partial charge in [0.05, 0.1) is 19.6 Å². The molecule has 0 radical (unpaired) electrons. The Morgan fingerprint density at radius 1 is 1.47 bits per heavy atom. The maximum Gasteiger partial charge on any atom is 0.244 e. The van der Waals surface area contributed by atoms with Crippen LogP contribution in [0, 0.1) is 0 Å². The SMILES string of the molecule is COc1cccc(C=CC(=O)NCC(=O)[O-])c1. The van der Waals surface area contributed by atoms with Crippen LogP contribution in [0.4, 0.5) is 0 Å². The quantitative estimate of drug-likeness (QED) is 0.701. The topological polar surface area (TPSA) is 78.5 Å². The summed E-state index contributed by atoms with van der Waals surface area (Å²) >= 11 is 0. The van der Waals surface area contributed by atoms with E-state index in [2.05, 4.69) is 5.32 Å². The lowest BCUT2D eigenvalue weighted by molar-refractivity contribution is -0.303. The molecule has 17 heavy (non-hydrogen) atoms. The van der Waals surface area contributed by atoms with Gasteiger partial charge in [0, 0.05) is 6.08 Å². The lowest BCUT2D eigenvalue weighted by Gasteiger charge is -2.02. The van der Waals surface area contributed by atoms with Gasteiger partial charge in [-0.25, -0.2) is 0 Å². The minimum atomic E-state index is -1.33. The first kappa shape index (κ1) is 12.8. The summed E-state index contributed by atoms with van der Waals surface area (Å²) in [5.41, 5.74) is 0.785. The summed E-state index contributed by atoms with van der Waals surface area (Å²) in [6.07, 6.45) is 2.81. The number of hydrogen-bond donors (Lipinski definition) is 1. The molecule has 0 spiro atoms. The molecule has 90 valence electrons. The number of aliphatic carboxylic acids is 1. The second kappa shape index (κ2) is 6.32. The van der Waals surface area contributed by atoms with E-state index in [9.17, 15) is 14.7 Å². The Bertz CT molecular complexity index is 440. The van der Waals surface area contributed by atoms with Gasteiger partial charge in [-0.15, -0.1) is 0 Å². The lowest BCUT2D eigenvalue weighted by Crippen LogP contribution is -2.36. The fraction of sp³-hybridized carbons (Fsp3) is 0.167. The monoisotopic (exact) mass is 234 g/mol. The van der Waals surface area contributed by atoms with E-state index in [4.69, 9.17) is 4.74 Å². The van der Waals surface area contributed by atoms with Crippen molar-refractivity contribution in [2.75, 3.05) is 13.7 Å². The summed E-state index contributed by atoms with van der Waals surface area (Å²) in [6.45, 7) is -0.499. The van der Waals surface area contributed by atoms with Gasteiger partial charge in [0.15, 0.2) is 0 Å². The van der Waals surface area contributed by atoms with Crippen LogP contribution in [0.1, 0.15) is 5.56 Å². The van der Waals surface area contributed by atoms with Crippen LogP contribution in [0.15, 0.2) is 30.3 Å². The van der Waals surface area contributed by atoms with Crippen molar-refractivity contribution in [3.8, 4) is 5.75 Å². The predicted molar refractivity (Wildman–Crippen MR) is 60.0 cm³/mol. The van der Waals surface area contributed by atoms with Gasteiger partial charge in [-0.05, 0) is 23.8 Å². The number of carbonyl (C=O) groups excluding carboxylic acids is 2. The molecule has 0 aliphatic heterocycles. The molecular weight excluding hydrogens is 222 g/mol. The standard InChI is InChI=1S/C12H13NO4/c1-17-10-4-2-3-9(7-10)5-6-11(14)13-8-12(15)16/h2-7H,8H2,1H3,(H,13,14)(H,15,16)/p-1. The Kier molecular flexibility index (Phi) is 4.75.